The van der Waals surface area contributed by atoms with Crippen LogP contribution in [0.25, 0.3) is 10.4 Å². The normalized spacial score (nSPS) is 10.5. The van der Waals surface area contributed by atoms with E-state index in [4.69, 9.17) is 17.2 Å². The minimum Gasteiger partial charge on any atom is -0.399 e. The number of thiophene rings is 1. The number of benzene rings is 1. The topological polar surface area (TPSA) is 78.1 Å². The second kappa shape index (κ2) is 3.92. The SMILES string of the molecule is NCc1ccc(-c2cc(N)ccc2N)s1. The van der Waals surface area contributed by atoms with E-state index in [9.17, 15) is 0 Å². The first-order valence-electron chi connectivity index (χ1n) is 4.65. The third-order valence-electron chi connectivity index (χ3n) is 2.21. The van der Waals surface area contributed by atoms with Gasteiger partial charge in [0, 0.05) is 33.2 Å². The number of nitrogens with two attached hydrogens (primary N) is 3. The van der Waals surface area contributed by atoms with Crippen molar-refractivity contribution >= 4 is 22.7 Å². The zero-order valence-corrected chi connectivity index (χ0v) is 9.05. The smallest absolute Gasteiger partial charge is 0.0403 e. The quantitative estimate of drug-likeness (QED) is 0.676. The molecule has 0 aliphatic rings. The van der Waals surface area contributed by atoms with E-state index in [0.29, 0.717) is 6.54 Å². The maximum atomic E-state index is 5.89. The van der Waals surface area contributed by atoms with Crippen molar-refractivity contribution in [2.75, 3.05) is 11.5 Å². The average Bonchev–Trinajstić information content (AvgIpc) is 2.70. The summed E-state index contributed by atoms with van der Waals surface area (Å²) < 4.78 is 0. The number of anilines is 2. The van der Waals surface area contributed by atoms with Crippen LogP contribution in [0.1, 0.15) is 4.88 Å². The molecule has 0 saturated carbocycles. The molecule has 6 N–H and O–H groups in total. The molecular formula is C11H13N3S. The lowest BCUT2D eigenvalue weighted by Gasteiger charge is -2.03. The van der Waals surface area contributed by atoms with Crippen molar-refractivity contribution in [1.82, 2.24) is 0 Å². The Morgan fingerprint density at radius 3 is 2.53 bits per heavy atom. The van der Waals surface area contributed by atoms with Crippen LogP contribution >= 0.6 is 11.3 Å². The van der Waals surface area contributed by atoms with Gasteiger partial charge in [0.2, 0.25) is 0 Å². The summed E-state index contributed by atoms with van der Waals surface area (Å²) in [6, 6.07) is 9.56. The third kappa shape index (κ3) is 1.95. The summed E-state index contributed by atoms with van der Waals surface area (Å²) in [5, 5.41) is 0. The molecule has 3 nitrogen and oxygen atoms in total. The fraction of sp³-hybridized carbons (Fsp3) is 0.0909. The van der Waals surface area contributed by atoms with E-state index >= 15 is 0 Å². The van der Waals surface area contributed by atoms with Crippen LogP contribution in [-0.2, 0) is 6.54 Å². The van der Waals surface area contributed by atoms with Gasteiger partial charge in [0.05, 0.1) is 0 Å². The van der Waals surface area contributed by atoms with E-state index < -0.39 is 0 Å². The van der Waals surface area contributed by atoms with Gasteiger partial charge in [0.1, 0.15) is 0 Å². The van der Waals surface area contributed by atoms with E-state index in [2.05, 4.69) is 0 Å². The van der Waals surface area contributed by atoms with Crippen molar-refractivity contribution < 1.29 is 0 Å². The molecule has 1 heterocycles. The predicted molar refractivity (Wildman–Crippen MR) is 66.5 cm³/mol. The van der Waals surface area contributed by atoms with Gasteiger partial charge in [-0.25, -0.2) is 0 Å². The summed E-state index contributed by atoms with van der Waals surface area (Å²) in [4.78, 5) is 2.26. The number of rotatable bonds is 2. The van der Waals surface area contributed by atoms with Crippen molar-refractivity contribution in [2.45, 2.75) is 6.54 Å². The highest BCUT2D eigenvalue weighted by atomic mass is 32.1. The van der Waals surface area contributed by atoms with Gasteiger partial charge in [-0.15, -0.1) is 11.3 Å². The lowest BCUT2D eigenvalue weighted by atomic mass is 10.1. The Kier molecular flexibility index (Phi) is 2.62. The highest BCUT2D eigenvalue weighted by Crippen LogP contribution is 2.33. The Bertz CT molecular complexity index is 476. The van der Waals surface area contributed by atoms with E-state index in [1.165, 1.54) is 0 Å². The second-order valence-corrected chi connectivity index (χ2v) is 4.49. The third-order valence-corrected chi connectivity index (χ3v) is 3.35. The van der Waals surface area contributed by atoms with E-state index in [1.54, 1.807) is 17.4 Å². The lowest BCUT2D eigenvalue weighted by Crippen LogP contribution is -1.92. The van der Waals surface area contributed by atoms with Crippen molar-refractivity contribution in [3.63, 3.8) is 0 Å². The fourth-order valence-electron chi connectivity index (χ4n) is 1.42. The lowest BCUT2D eigenvalue weighted by molar-refractivity contribution is 1.11. The molecule has 0 spiro atoms. The molecule has 2 rings (SSSR count). The maximum Gasteiger partial charge on any atom is 0.0403 e. The number of nitrogen functional groups attached to an aromatic ring is 2. The Morgan fingerprint density at radius 1 is 1.07 bits per heavy atom. The van der Waals surface area contributed by atoms with Crippen LogP contribution in [0.15, 0.2) is 30.3 Å². The summed E-state index contributed by atoms with van der Waals surface area (Å²) in [5.41, 5.74) is 19.6. The Balaban J connectivity index is 2.48. The summed E-state index contributed by atoms with van der Waals surface area (Å²) >= 11 is 1.65. The van der Waals surface area contributed by atoms with Crippen LogP contribution < -0.4 is 17.2 Å². The van der Waals surface area contributed by atoms with Gasteiger partial charge in [0.25, 0.3) is 0 Å². The van der Waals surface area contributed by atoms with Crippen LogP contribution in [0.5, 0.6) is 0 Å². The maximum absolute atomic E-state index is 5.89. The van der Waals surface area contributed by atoms with Gasteiger partial charge >= 0.3 is 0 Å². The number of hydrogen-bond acceptors (Lipinski definition) is 4. The highest BCUT2D eigenvalue weighted by Gasteiger charge is 2.05. The van der Waals surface area contributed by atoms with Crippen LogP contribution in [0, 0.1) is 0 Å². The molecule has 0 atom stereocenters. The molecule has 0 bridgehead atoms. The standard InChI is InChI=1S/C11H13N3S/c12-6-8-2-4-11(15-8)9-5-7(13)1-3-10(9)14/h1-5H,6,12-14H2. The zero-order chi connectivity index (χ0) is 10.8. The minimum absolute atomic E-state index is 0.562. The monoisotopic (exact) mass is 219 g/mol. The van der Waals surface area contributed by atoms with Gasteiger partial charge in [-0.3, -0.25) is 0 Å². The molecule has 1 aromatic heterocycles. The summed E-state index contributed by atoms with van der Waals surface area (Å²) in [7, 11) is 0. The summed E-state index contributed by atoms with van der Waals surface area (Å²) in [6.45, 7) is 0.562. The molecule has 4 heteroatoms. The minimum atomic E-state index is 0.562. The van der Waals surface area contributed by atoms with Crippen LogP contribution in [0.2, 0.25) is 0 Å². The second-order valence-electron chi connectivity index (χ2n) is 3.32. The van der Waals surface area contributed by atoms with Crippen molar-refractivity contribution in [3.8, 4) is 10.4 Å². The summed E-state index contributed by atoms with van der Waals surface area (Å²) in [5.74, 6) is 0. The van der Waals surface area contributed by atoms with Crippen molar-refractivity contribution in [1.29, 1.82) is 0 Å². The largest absolute Gasteiger partial charge is 0.399 e. The number of hydrogen-bond donors (Lipinski definition) is 3. The first kappa shape index (κ1) is 10.0. The molecule has 1 aromatic carbocycles. The molecule has 0 unspecified atom stereocenters. The molecule has 0 radical (unpaired) electrons. The molecule has 78 valence electrons. The van der Waals surface area contributed by atoms with Gasteiger partial charge in [-0.2, -0.15) is 0 Å². The Morgan fingerprint density at radius 2 is 1.87 bits per heavy atom. The molecule has 0 saturated heterocycles. The van der Waals surface area contributed by atoms with Gasteiger partial charge in [-0.1, -0.05) is 0 Å². The summed E-state index contributed by atoms with van der Waals surface area (Å²) in [6.07, 6.45) is 0. The van der Waals surface area contributed by atoms with Crippen LogP contribution in [0.4, 0.5) is 11.4 Å². The van der Waals surface area contributed by atoms with E-state index in [-0.39, 0.29) is 0 Å². The zero-order valence-electron chi connectivity index (χ0n) is 8.23. The average molecular weight is 219 g/mol. The van der Waals surface area contributed by atoms with Gasteiger partial charge in [0.15, 0.2) is 0 Å². The Hall–Kier alpha value is -1.52. The molecular weight excluding hydrogens is 206 g/mol. The molecule has 0 fully saturated rings. The van der Waals surface area contributed by atoms with Crippen LogP contribution in [-0.4, -0.2) is 0 Å². The first-order valence-corrected chi connectivity index (χ1v) is 5.46. The van der Waals surface area contributed by atoms with E-state index in [1.807, 2.05) is 24.3 Å². The molecule has 0 aliphatic heterocycles. The molecule has 2 aromatic rings. The first-order chi connectivity index (χ1) is 7.20. The Labute approximate surface area is 92.5 Å². The fourth-order valence-corrected chi connectivity index (χ4v) is 2.34. The van der Waals surface area contributed by atoms with Crippen LogP contribution in [0.3, 0.4) is 0 Å². The van der Waals surface area contributed by atoms with Gasteiger partial charge < -0.3 is 17.2 Å². The van der Waals surface area contributed by atoms with E-state index in [0.717, 1.165) is 26.7 Å². The molecule has 0 aliphatic carbocycles. The predicted octanol–water partition coefficient (Wildman–Crippen LogP) is 2.04. The van der Waals surface area contributed by atoms with Crippen molar-refractivity contribution in [2.24, 2.45) is 5.73 Å². The highest BCUT2D eigenvalue weighted by molar-refractivity contribution is 7.15. The van der Waals surface area contributed by atoms with Gasteiger partial charge in [-0.05, 0) is 30.3 Å². The van der Waals surface area contributed by atoms with Crippen molar-refractivity contribution in [3.05, 3.63) is 35.2 Å². The molecule has 0 amide bonds. The molecule has 15 heavy (non-hydrogen) atoms.